The van der Waals surface area contributed by atoms with Crippen molar-refractivity contribution in [1.29, 1.82) is 0 Å². The fraction of sp³-hybridized carbons (Fsp3) is 0.770. The monoisotopic (exact) mass is 1110 g/mol. The molecular weight excluding hydrogens is 985 g/mol. The van der Waals surface area contributed by atoms with Crippen LogP contribution in [0.4, 0.5) is 0 Å². The molecule has 80 heavy (non-hydrogen) atoms. The highest BCUT2D eigenvalue weighted by Crippen LogP contribution is 2.17. The molecule has 0 saturated carbocycles. The average molecular weight is 1120 g/mol. The summed E-state index contributed by atoms with van der Waals surface area (Å²) in [7, 11) is 0. The van der Waals surface area contributed by atoms with Gasteiger partial charge in [0, 0.05) is 19.3 Å². The Morgan fingerprint density at radius 1 is 0.263 bits per heavy atom. The van der Waals surface area contributed by atoms with Crippen molar-refractivity contribution in [3.8, 4) is 0 Å². The molecule has 6 nitrogen and oxygen atoms in total. The maximum absolute atomic E-state index is 12.9. The third kappa shape index (κ3) is 65.4. The first-order chi connectivity index (χ1) is 39.5. The summed E-state index contributed by atoms with van der Waals surface area (Å²) >= 11 is 0. The van der Waals surface area contributed by atoms with Gasteiger partial charge in [-0.05, 0) is 109 Å². The van der Waals surface area contributed by atoms with Crippen LogP contribution in [0.1, 0.15) is 348 Å². The smallest absolute Gasteiger partial charge is 0.306 e. The molecule has 1 unspecified atom stereocenters. The van der Waals surface area contributed by atoms with Crippen molar-refractivity contribution in [1.82, 2.24) is 0 Å². The van der Waals surface area contributed by atoms with E-state index < -0.39 is 6.10 Å². The Bertz CT molecular complexity index is 1520. The summed E-state index contributed by atoms with van der Waals surface area (Å²) in [5.74, 6) is -0.886. The third-order valence-electron chi connectivity index (χ3n) is 15.1. The van der Waals surface area contributed by atoms with Crippen LogP contribution in [0.2, 0.25) is 0 Å². The first-order valence-corrected chi connectivity index (χ1v) is 34.6. The predicted molar refractivity (Wildman–Crippen MR) is 348 cm³/mol. The zero-order chi connectivity index (χ0) is 57.8. The maximum Gasteiger partial charge on any atom is 0.306 e. The first-order valence-electron chi connectivity index (χ1n) is 34.6. The van der Waals surface area contributed by atoms with E-state index in [1.165, 1.54) is 193 Å². The molecular formula is C74H130O6. The number of hydrogen-bond donors (Lipinski definition) is 0. The van der Waals surface area contributed by atoms with Gasteiger partial charge in [0.1, 0.15) is 13.2 Å². The van der Waals surface area contributed by atoms with Crippen molar-refractivity contribution < 1.29 is 28.6 Å². The molecule has 0 spiro atoms. The number of allylic oxidation sites excluding steroid dienone is 14. The predicted octanol–water partition coefficient (Wildman–Crippen LogP) is 23.8. The van der Waals surface area contributed by atoms with Gasteiger partial charge in [-0.2, -0.15) is 0 Å². The molecule has 6 heteroatoms. The molecule has 0 aliphatic carbocycles. The van der Waals surface area contributed by atoms with E-state index in [9.17, 15) is 14.4 Å². The summed E-state index contributed by atoms with van der Waals surface area (Å²) in [6.45, 7) is 6.50. The van der Waals surface area contributed by atoms with Crippen molar-refractivity contribution in [3.63, 3.8) is 0 Å². The lowest BCUT2D eigenvalue weighted by Crippen LogP contribution is -2.30. The lowest BCUT2D eigenvalue weighted by molar-refractivity contribution is -0.167. The van der Waals surface area contributed by atoms with Crippen LogP contribution in [0.25, 0.3) is 0 Å². The fourth-order valence-electron chi connectivity index (χ4n) is 9.92. The van der Waals surface area contributed by atoms with Crippen LogP contribution in [0, 0.1) is 0 Å². The first kappa shape index (κ1) is 76.6. The Balaban J connectivity index is 4.15. The molecule has 1 atom stereocenters. The summed E-state index contributed by atoms with van der Waals surface area (Å²) in [4.78, 5) is 38.3. The van der Waals surface area contributed by atoms with Gasteiger partial charge in [-0.3, -0.25) is 14.4 Å². The summed E-state index contributed by atoms with van der Waals surface area (Å²) in [5, 5.41) is 0. The molecule has 0 heterocycles. The van der Waals surface area contributed by atoms with E-state index in [-0.39, 0.29) is 31.1 Å². The van der Waals surface area contributed by atoms with Gasteiger partial charge in [-0.1, -0.05) is 305 Å². The van der Waals surface area contributed by atoms with Crippen LogP contribution in [-0.2, 0) is 28.6 Å². The molecule has 0 fully saturated rings. The van der Waals surface area contributed by atoms with E-state index in [0.717, 1.165) is 116 Å². The molecule has 0 aromatic heterocycles. The lowest BCUT2D eigenvalue weighted by Gasteiger charge is -2.18. The van der Waals surface area contributed by atoms with E-state index in [0.29, 0.717) is 19.3 Å². The fourth-order valence-corrected chi connectivity index (χ4v) is 9.92. The summed E-state index contributed by atoms with van der Waals surface area (Å²) in [6, 6.07) is 0. The topological polar surface area (TPSA) is 78.9 Å². The van der Waals surface area contributed by atoms with Gasteiger partial charge in [0.05, 0.1) is 0 Å². The second-order valence-electron chi connectivity index (χ2n) is 23.1. The van der Waals surface area contributed by atoms with E-state index in [1.54, 1.807) is 0 Å². The molecule has 0 saturated heterocycles. The molecule has 0 bridgehead atoms. The molecule has 462 valence electrons. The van der Waals surface area contributed by atoms with Crippen LogP contribution < -0.4 is 0 Å². The highest BCUT2D eigenvalue weighted by molar-refractivity contribution is 5.71. The van der Waals surface area contributed by atoms with Crippen molar-refractivity contribution in [3.05, 3.63) is 85.1 Å². The largest absolute Gasteiger partial charge is 0.462 e. The Labute approximate surface area is 496 Å². The van der Waals surface area contributed by atoms with Gasteiger partial charge in [-0.25, -0.2) is 0 Å². The Kier molecular flexibility index (Phi) is 65.2. The summed E-state index contributed by atoms with van der Waals surface area (Å²) in [5.41, 5.74) is 0. The number of rotatable bonds is 63. The van der Waals surface area contributed by atoms with Crippen molar-refractivity contribution in [2.45, 2.75) is 354 Å². The molecule has 0 aromatic rings. The Morgan fingerprint density at radius 3 is 0.812 bits per heavy atom. The number of esters is 3. The quantitative estimate of drug-likeness (QED) is 0.0261. The number of carbonyl (C=O) groups excluding carboxylic acids is 3. The summed E-state index contributed by atoms with van der Waals surface area (Å²) < 4.78 is 16.9. The number of carbonyl (C=O) groups is 3. The maximum atomic E-state index is 12.9. The second-order valence-corrected chi connectivity index (χ2v) is 23.1. The van der Waals surface area contributed by atoms with Gasteiger partial charge in [0.2, 0.25) is 0 Å². The van der Waals surface area contributed by atoms with Crippen LogP contribution in [-0.4, -0.2) is 37.2 Å². The van der Waals surface area contributed by atoms with Crippen LogP contribution >= 0.6 is 0 Å². The minimum atomic E-state index is -0.785. The molecule has 0 rings (SSSR count). The normalized spacial score (nSPS) is 12.6. The minimum Gasteiger partial charge on any atom is -0.462 e. The van der Waals surface area contributed by atoms with Gasteiger partial charge in [0.15, 0.2) is 6.10 Å². The van der Waals surface area contributed by atoms with Crippen molar-refractivity contribution in [2.24, 2.45) is 0 Å². The highest BCUT2D eigenvalue weighted by atomic mass is 16.6. The molecule has 0 aliphatic heterocycles. The van der Waals surface area contributed by atoms with Crippen molar-refractivity contribution in [2.75, 3.05) is 13.2 Å². The number of hydrogen-bond acceptors (Lipinski definition) is 6. The zero-order valence-electron chi connectivity index (χ0n) is 53.1. The van der Waals surface area contributed by atoms with Gasteiger partial charge in [-0.15, -0.1) is 0 Å². The van der Waals surface area contributed by atoms with Crippen LogP contribution in [0.3, 0.4) is 0 Å². The Hall–Kier alpha value is -3.41. The SMILES string of the molecule is CC/C=C\C/C=C\C/C=C\C/C=C\CCCCCCCCCCCCCCCCCCCCCCC(=O)OCC(COC(=O)CCCCCCC/C=C\C/C=C\CCCC)OC(=O)CCCCCCC/C=C\CCCCCCCC. The van der Waals surface area contributed by atoms with E-state index in [1.807, 2.05) is 0 Å². The van der Waals surface area contributed by atoms with E-state index in [4.69, 9.17) is 14.2 Å². The van der Waals surface area contributed by atoms with Gasteiger partial charge in [0.25, 0.3) is 0 Å². The molecule has 0 aliphatic rings. The van der Waals surface area contributed by atoms with Crippen LogP contribution in [0.15, 0.2) is 85.1 Å². The third-order valence-corrected chi connectivity index (χ3v) is 15.1. The Morgan fingerprint density at radius 2 is 0.500 bits per heavy atom. The second kappa shape index (κ2) is 68.1. The van der Waals surface area contributed by atoms with Crippen LogP contribution in [0.5, 0.6) is 0 Å². The molecule has 0 amide bonds. The summed E-state index contributed by atoms with van der Waals surface area (Å²) in [6.07, 6.45) is 90.5. The van der Waals surface area contributed by atoms with Gasteiger partial charge < -0.3 is 14.2 Å². The van der Waals surface area contributed by atoms with Gasteiger partial charge >= 0.3 is 17.9 Å². The zero-order valence-corrected chi connectivity index (χ0v) is 53.1. The van der Waals surface area contributed by atoms with Crippen molar-refractivity contribution >= 4 is 17.9 Å². The standard InChI is InChI=1S/C74H130O6/c1-4-7-10-13-16-19-22-25-28-29-30-31-32-33-34-35-36-37-38-39-40-41-42-43-44-45-47-49-52-55-58-61-64-67-73(76)79-70-71(69-78-72(75)66-63-60-57-54-51-48-27-24-21-18-15-12-9-6-3)80-74(77)68-65-62-59-56-53-50-46-26-23-20-17-14-11-8-5-2/h7,10,15-16,18-19,24-28,30-31,46,71H,4-6,8-9,11-14,17,20-23,29,32-45,47-70H2,1-3H3/b10-7-,18-15-,19-16-,27-24-,28-25-,31-30-,46-26-. The number of ether oxygens (including phenoxy) is 3. The average Bonchev–Trinajstić information content (AvgIpc) is 3.46. The molecule has 0 N–H and O–H groups in total. The number of unbranched alkanes of at least 4 members (excludes halogenated alkanes) is 38. The molecule has 0 aromatic carbocycles. The lowest BCUT2D eigenvalue weighted by atomic mass is 10.0. The minimum absolute atomic E-state index is 0.0802. The molecule has 0 radical (unpaired) electrons. The van der Waals surface area contributed by atoms with E-state index >= 15 is 0 Å². The highest BCUT2D eigenvalue weighted by Gasteiger charge is 2.19. The van der Waals surface area contributed by atoms with E-state index in [2.05, 4.69) is 106 Å².